The van der Waals surface area contributed by atoms with E-state index in [-0.39, 0.29) is 25.4 Å². The molecule has 0 saturated carbocycles. The first-order valence-electron chi connectivity index (χ1n) is 19.1. The molecule has 7 nitrogen and oxygen atoms in total. The molecule has 0 unspecified atom stereocenters. The molecule has 48 heavy (non-hydrogen) atoms. The number of rotatable bonds is 31. The lowest BCUT2D eigenvalue weighted by Gasteiger charge is -2.25. The first-order chi connectivity index (χ1) is 23.1. The fraction of sp³-hybridized carbons (Fsp3) is 0.780. The van der Waals surface area contributed by atoms with Gasteiger partial charge in [0.15, 0.2) is 0 Å². The van der Waals surface area contributed by atoms with Crippen molar-refractivity contribution in [3.8, 4) is 11.8 Å². The summed E-state index contributed by atoms with van der Waals surface area (Å²) in [6.07, 6.45) is 29.5. The van der Waals surface area contributed by atoms with Gasteiger partial charge in [0.05, 0.1) is 18.4 Å². The predicted molar refractivity (Wildman–Crippen MR) is 196 cm³/mol. The van der Waals surface area contributed by atoms with Crippen LogP contribution in [-0.2, 0) is 28.6 Å². The number of carbonyl (C=O) groups excluding carboxylic acids is 3. The number of hydrogen-bond acceptors (Lipinski definition) is 7. The zero-order valence-electron chi connectivity index (χ0n) is 31.2. The topological polar surface area (TPSA) is 99.1 Å². The van der Waals surface area contributed by atoms with Crippen molar-refractivity contribution in [3.63, 3.8) is 0 Å². The van der Waals surface area contributed by atoms with Gasteiger partial charge >= 0.3 is 17.9 Å². The van der Waals surface area contributed by atoms with Crippen LogP contribution in [0.25, 0.3) is 0 Å². The van der Waals surface area contributed by atoms with Crippen LogP contribution in [-0.4, -0.2) is 47.4 Å². The van der Waals surface area contributed by atoms with Crippen molar-refractivity contribution in [3.05, 3.63) is 24.8 Å². The Bertz CT molecular complexity index is 927. The van der Waals surface area contributed by atoms with Crippen LogP contribution in [0.4, 0.5) is 0 Å². The molecule has 0 bridgehead atoms. The van der Waals surface area contributed by atoms with Crippen LogP contribution in [0.15, 0.2) is 24.8 Å². The van der Waals surface area contributed by atoms with E-state index in [2.05, 4.69) is 37.5 Å². The standard InChI is InChI=1S/C41H70O7/c1-6-8-9-10-11-12-13-14-15-16-17-18-19-20-21-22-23-24-25-26-27-28-31-39(43)47-36(3)34-38(48-37(4)42)30-29-32-41(5,45)35-40(44)46-33-7-2/h7,22-23,36,38,45H,2,6,8-21,24-25,28-35H2,1,3-5H3/b23-22-/t36-,38+,41-/m1/s1. The summed E-state index contributed by atoms with van der Waals surface area (Å²) in [4.78, 5) is 35.7. The van der Waals surface area contributed by atoms with Crippen molar-refractivity contribution in [2.24, 2.45) is 0 Å². The first kappa shape index (κ1) is 45.4. The Kier molecular flexibility index (Phi) is 30.0. The minimum Gasteiger partial charge on any atom is -0.462 e. The summed E-state index contributed by atoms with van der Waals surface area (Å²) in [6.45, 7) is 10.6. The summed E-state index contributed by atoms with van der Waals surface area (Å²) < 4.78 is 15.9. The van der Waals surface area contributed by atoms with Crippen molar-refractivity contribution in [2.45, 2.75) is 200 Å². The lowest BCUT2D eigenvalue weighted by Crippen LogP contribution is -2.30. The summed E-state index contributed by atoms with van der Waals surface area (Å²) in [5.41, 5.74) is -1.24. The number of ether oxygens (including phenoxy) is 3. The largest absolute Gasteiger partial charge is 0.462 e. The lowest BCUT2D eigenvalue weighted by atomic mass is 9.93. The summed E-state index contributed by atoms with van der Waals surface area (Å²) >= 11 is 0. The van der Waals surface area contributed by atoms with E-state index in [0.717, 1.165) is 19.3 Å². The Balaban J connectivity index is 3.95. The third kappa shape index (κ3) is 32.0. The molecule has 0 aliphatic rings. The van der Waals surface area contributed by atoms with Crippen LogP contribution in [0.2, 0.25) is 0 Å². The lowest BCUT2D eigenvalue weighted by molar-refractivity contribution is -0.153. The number of aliphatic hydroxyl groups is 1. The SMILES string of the molecule is C=CCOC(=O)C[C@](C)(O)CCC[C@@H](C[C@@H](C)OC(=O)CCC#CCC/C=C\CCCCCCCCCCCCCCCC)OC(C)=O. The maximum Gasteiger partial charge on any atom is 0.309 e. The number of hydrogen-bond donors (Lipinski definition) is 1. The van der Waals surface area contributed by atoms with Crippen LogP contribution >= 0.6 is 0 Å². The molecule has 0 aromatic carbocycles. The molecule has 276 valence electrons. The molecular weight excluding hydrogens is 604 g/mol. The first-order valence-corrected chi connectivity index (χ1v) is 19.1. The van der Waals surface area contributed by atoms with Crippen LogP contribution < -0.4 is 0 Å². The Morgan fingerprint density at radius 3 is 1.94 bits per heavy atom. The van der Waals surface area contributed by atoms with Gasteiger partial charge in [-0.3, -0.25) is 14.4 Å². The maximum absolute atomic E-state index is 12.3. The van der Waals surface area contributed by atoms with E-state index >= 15 is 0 Å². The van der Waals surface area contributed by atoms with Gasteiger partial charge in [-0.15, -0.1) is 11.8 Å². The molecule has 0 spiro atoms. The fourth-order valence-electron chi connectivity index (χ4n) is 5.66. The average Bonchev–Trinajstić information content (AvgIpc) is 3.01. The maximum atomic E-state index is 12.3. The van der Waals surface area contributed by atoms with Gasteiger partial charge in [0.25, 0.3) is 0 Å². The average molecular weight is 675 g/mol. The van der Waals surface area contributed by atoms with E-state index in [9.17, 15) is 19.5 Å². The van der Waals surface area contributed by atoms with Gasteiger partial charge in [0, 0.05) is 26.2 Å². The minimum absolute atomic E-state index is 0.101. The quantitative estimate of drug-likeness (QED) is 0.0257. The van der Waals surface area contributed by atoms with Crippen LogP contribution in [0.3, 0.4) is 0 Å². The van der Waals surface area contributed by atoms with E-state index in [4.69, 9.17) is 14.2 Å². The van der Waals surface area contributed by atoms with Gasteiger partial charge in [0.1, 0.15) is 18.8 Å². The Morgan fingerprint density at radius 1 is 0.792 bits per heavy atom. The third-order valence-corrected chi connectivity index (χ3v) is 8.30. The highest BCUT2D eigenvalue weighted by atomic mass is 16.6. The van der Waals surface area contributed by atoms with Crippen molar-refractivity contribution in [1.29, 1.82) is 0 Å². The molecule has 0 aliphatic heterocycles. The zero-order valence-corrected chi connectivity index (χ0v) is 31.2. The van der Waals surface area contributed by atoms with E-state index in [1.165, 1.54) is 103 Å². The Labute approximate surface area is 294 Å². The highest BCUT2D eigenvalue weighted by Crippen LogP contribution is 2.22. The van der Waals surface area contributed by atoms with Crippen molar-refractivity contribution < 1.29 is 33.7 Å². The monoisotopic (exact) mass is 675 g/mol. The molecule has 0 radical (unpaired) electrons. The Morgan fingerprint density at radius 2 is 1.35 bits per heavy atom. The second-order valence-electron chi connectivity index (χ2n) is 13.6. The zero-order chi connectivity index (χ0) is 35.7. The number of carbonyl (C=O) groups is 3. The van der Waals surface area contributed by atoms with Crippen molar-refractivity contribution >= 4 is 17.9 Å². The number of unbranched alkanes of at least 4 members (excludes halogenated alkanes) is 15. The van der Waals surface area contributed by atoms with Gasteiger partial charge in [-0.25, -0.2) is 0 Å². The molecule has 0 rings (SSSR count). The van der Waals surface area contributed by atoms with E-state index in [1.807, 2.05) is 0 Å². The fourth-order valence-corrected chi connectivity index (χ4v) is 5.66. The number of esters is 3. The van der Waals surface area contributed by atoms with E-state index < -0.39 is 29.7 Å². The molecule has 0 heterocycles. The number of allylic oxidation sites excluding steroid dienone is 2. The van der Waals surface area contributed by atoms with Crippen LogP contribution in [0.5, 0.6) is 0 Å². The second-order valence-corrected chi connectivity index (χ2v) is 13.6. The molecule has 7 heteroatoms. The highest BCUT2D eigenvalue weighted by Gasteiger charge is 2.26. The molecule has 0 aliphatic carbocycles. The van der Waals surface area contributed by atoms with Gasteiger partial charge in [0.2, 0.25) is 0 Å². The minimum atomic E-state index is -1.24. The molecule has 0 aromatic heterocycles. The summed E-state index contributed by atoms with van der Waals surface area (Å²) in [6, 6.07) is 0. The third-order valence-electron chi connectivity index (χ3n) is 8.30. The van der Waals surface area contributed by atoms with Crippen molar-refractivity contribution in [1.82, 2.24) is 0 Å². The molecular formula is C41H70O7. The smallest absolute Gasteiger partial charge is 0.309 e. The van der Waals surface area contributed by atoms with Gasteiger partial charge in [-0.05, 0) is 52.4 Å². The normalized spacial score (nSPS) is 13.6. The van der Waals surface area contributed by atoms with Crippen LogP contribution in [0.1, 0.15) is 182 Å². The Hall–Kier alpha value is -2.59. The van der Waals surface area contributed by atoms with Gasteiger partial charge in [-0.2, -0.15) is 0 Å². The molecule has 0 saturated heterocycles. The summed E-state index contributed by atoms with van der Waals surface area (Å²) in [5.74, 6) is 4.96. The predicted octanol–water partition coefficient (Wildman–Crippen LogP) is 10.3. The molecule has 1 N–H and O–H groups in total. The molecule has 0 fully saturated rings. The van der Waals surface area contributed by atoms with E-state index in [0.29, 0.717) is 32.1 Å². The molecule has 0 amide bonds. The molecule has 3 atom stereocenters. The summed E-state index contributed by atoms with van der Waals surface area (Å²) in [5, 5.41) is 10.5. The second kappa shape index (κ2) is 31.7. The molecule has 0 aromatic rings. The van der Waals surface area contributed by atoms with Crippen molar-refractivity contribution in [2.75, 3.05) is 6.61 Å². The van der Waals surface area contributed by atoms with E-state index in [1.54, 1.807) is 13.8 Å². The van der Waals surface area contributed by atoms with Crippen LogP contribution in [0, 0.1) is 11.8 Å². The highest BCUT2D eigenvalue weighted by molar-refractivity contribution is 5.70. The van der Waals surface area contributed by atoms with Gasteiger partial charge < -0.3 is 19.3 Å². The summed E-state index contributed by atoms with van der Waals surface area (Å²) in [7, 11) is 0. The van der Waals surface area contributed by atoms with Gasteiger partial charge in [-0.1, -0.05) is 115 Å².